The fourth-order valence-corrected chi connectivity index (χ4v) is 2.54. The molecule has 1 atom stereocenters. The minimum Gasteiger partial charge on any atom is -0.288 e. The fourth-order valence-electron chi connectivity index (χ4n) is 2.54. The Morgan fingerprint density at radius 2 is 1.65 bits per heavy atom. The van der Waals surface area contributed by atoms with Gasteiger partial charge in [0.2, 0.25) is 0 Å². The quantitative estimate of drug-likeness (QED) is 0.859. The smallest absolute Gasteiger partial charge is 0.0706 e. The molecule has 0 saturated carbocycles. The van der Waals surface area contributed by atoms with Crippen molar-refractivity contribution < 1.29 is 5.21 Å². The molecule has 0 fully saturated rings. The topological polar surface area (TPSA) is 35.8 Å². The lowest BCUT2D eigenvalue weighted by Gasteiger charge is -2.19. The lowest BCUT2D eigenvalue weighted by Crippen LogP contribution is -2.27. The summed E-state index contributed by atoms with van der Waals surface area (Å²) in [7, 11) is 0. The zero-order valence-electron chi connectivity index (χ0n) is 11.3. The minimum atomic E-state index is 0.162. The van der Waals surface area contributed by atoms with Gasteiger partial charge >= 0.3 is 0 Å². The van der Waals surface area contributed by atoms with E-state index >= 15 is 0 Å². The van der Waals surface area contributed by atoms with E-state index in [-0.39, 0.29) is 6.04 Å². The van der Waals surface area contributed by atoms with Crippen LogP contribution in [0.2, 0.25) is 0 Å². The van der Waals surface area contributed by atoms with Crippen LogP contribution in [0, 0.1) is 0 Å². The average molecular weight is 266 g/mol. The van der Waals surface area contributed by atoms with Crippen LogP contribution in [0.4, 0.5) is 5.69 Å². The van der Waals surface area contributed by atoms with E-state index in [1.54, 1.807) is 0 Å². The SMILES string of the molecule is ON(CC1CCC(c2ccccc2)=N1)c1ccccc1. The van der Waals surface area contributed by atoms with Gasteiger partial charge in [-0.1, -0.05) is 48.5 Å². The van der Waals surface area contributed by atoms with Crippen molar-refractivity contribution in [3.05, 3.63) is 66.2 Å². The Balaban J connectivity index is 1.67. The van der Waals surface area contributed by atoms with Crippen molar-refractivity contribution >= 4 is 11.4 Å². The molecule has 1 heterocycles. The molecule has 0 bridgehead atoms. The van der Waals surface area contributed by atoms with E-state index < -0.39 is 0 Å². The number of rotatable bonds is 4. The average Bonchev–Trinajstić information content (AvgIpc) is 2.97. The molecule has 3 rings (SSSR count). The van der Waals surface area contributed by atoms with Crippen LogP contribution in [0.1, 0.15) is 18.4 Å². The highest BCUT2D eigenvalue weighted by molar-refractivity contribution is 6.01. The summed E-state index contributed by atoms with van der Waals surface area (Å²) in [6.45, 7) is 0.542. The van der Waals surface area contributed by atoms with Gasteiger partial charge in [0.25, 0.3) is 0 Å². The molecular weight excluding hydrogens is 248 g/mol. The third kappa shape index (κ3) is 2.89. The van der Waals surface area contributed by atoms with Gasteiger partial charge in [-0.25, -0.2) is 0 Å². The molecule has 0 saturated heterocycles. The number of hydrogen-bond acceptors (Lipinski definition) is 3. The first kappa shape index (κ1) is 12.9. The van der Waals surface area contributed by atoms with Crippen LogP contribution < -0.4 is 5.06 Å². The van der Waals surface area contributed by atoms with Crippen LogP contribution in [0.5, 0.6) is 0 Å². The monoisotopic (exact) mass is 266 g/mol. The summed E-state index contributed by atoms with van der Waals surface area (Å²) in [5.74, 6) is 0. The first-order chi connectivity index (χ1) is 9.83. The molecule has 1 N–H and O–H groups in total. The summed E-state index contributed by atoms with van der Waals surface area (Å²) in [5, 5.41) is 11.4. The van der Waals surface area contributed by atoms with E-state index in [1.807, 2.05) is 48.5 Å². The number of para-hydroxylation sites is 1. The summed E-state index contributed by atoms with van der Waals surface area (Å²) in [6.07, 6.45) is 1.98. The molecule has 0 aromatic heterocycles. The molecule has 3 heteroatoms. The van der Waals surface area contributed by atoms with E-state index in [0.29, 0.717) is 6.54 Å². The van der Waals surface area contributed by atoms with E-state index in [9.17, 15) is 5.21 Å². The number of hydrogen-bond donors (Lipinski definition) is 1. The zero-order valence-corrected chi connectivity index (χ0v) is 11.3. The van der Waals surface area contributed by atoms with Gasteiger partial charge in [0.1, 0.15) is 0 Å². The summed E-state index contributed by atoms with van der Waals surface area (Å²) in [6, 6.07) is 20.0. The lowest BCUT2D eigenvalue weighted by molar-refractivity contribution is 0.246. The Morgan fingerprint density at radius 3 is 2.35 bits per heavy atom. The molecule has 0 amide bonds. The maximum absolute atomic E-state index is 10.1. The second kappa shape index (κ2) is 5.88. The maximum atomic E-state index is 10.1. The molecule has 3 nitrogen and oxygen atoms in total. The predicted molar refractivity (Wildman–Crippen MR) is 81.6 cm³/mol. The Bertz CT molecular complexity index is 580. The van der Waals surface area contributed by atoms with Crippen molar-refractivity contribution in [2.75, 3.05) is 11.6 Å². The van der Waals surface area contributed by atoms with Gasteiger partial charge in [-0.05, 0) is 30.5 Å². The Kier molecular flexibility index (Phi) is 3.79. The van der Waals surface area contributed by atoms with Crippen LogP contribution in [-0.2, 0) is 0 Å². The highest BCUT2D eigenvalue weighted by Crippen LogP contribution is 2.21. The molecule has 1 aliphatic rings. The number of nitrogens with zero attached hydrogens (tertiary/aromatic N) is 2. The molecule has 1 unspecified atom stereocenters. The maximum Gasteiger partial charge on any atom is 0.0706 e. The molecular formula is C17H18N2O. The zero-order chi connectivity index (χ0) is 13.8. The second-order valence-corrected chi connectivity index (χ2v) is 5.05. The van der Waals surface area contributed by atoms with Crippen LogP contribution >= 0.6 is 0 Å². The normalized spacial score (nSPS) is 17.9. The van der Waals surface area contributed by atoms with Crippen molar-refractivity contribution in [3.8, 4) is 0 Å². The van der Waals surface area contributed by atoms with Gasteiger partial charge in [-0.2, -0.15) is 0 Å². The van der Waals surface area contributed by atoms with Crippen LogP contribution in [0.25, 0.3) is 0 Å². The second-order valence-electron chi connectivity index (χ2n) is 5.05. The first-order valence-electron chi connectivity index (χ1n) is 6.96. The molecule has 102 valence electrons. The molecule has 0 radical (unpaired) electrons. The van der Waals surface area contributed by atoms with Gasteiger partial charge in [0.15, 0.2) is 0 Å². The number of anilines is 1. The van der Waals surface area contributed by atoms with Crippen LogP contribution in [0.15, 0.2) is 65.7 Å². The number of hydroxylamine groups is 1. The van der Waals surface area contributed by atoms with Gasteiger partial charge in [-0.15, -0.1) is 0 Å². The molecule has 20 heavy (non-hydrogen) atoms. The van der Waals surface area contributed by atoms with Crippen molar-refractivity contribution in [3.63, 3.8) is 0 Å². The van der Waals surface area contributed by atoms with E-state index in [2.05, 4.69) is 12.1 Å². The Labute approximate surface area is 119 Å². The van der Waals surface area contributed by atoms with Crippen LogP contribution in [0.3, 0.4) is 0 Å². The standard InChI is InChI=1S/C17H18N2O/c20-19(16-9-5-2-6-10-16)13-15-11-12-17(18-15)14-7-3-1-4-8-14/h1-10,15,20H,11-13H2. The molecule has 1 aliphatic heterocycles. The largest absolute Gasteiger partial charge is 0.288 e. The Morgan fingerprint density at radius 1 is 1.00 bits per heavy atom. The van der Waals surface area contributed by atoms with Gasteiger partial charge in [0.05, 0.1) is 18.3 Å². The van der Waals surface area contributed by atoms with E-state index in [0.717, 1.165) is 24.2 Å². The third-order valence-corrected chi connectivity index (χ3v) is 3.60. The predicted octanol–water partition coefficient (Wildman–Crippen LogP) is 3.53. The van der Waals surface area contributed by atoms with Crippen molar-refractivity contribution in [1.82, 2.24) is 0 Å². The van der Waals surface area contributed by atoms with Gasteiger partial charge in [-0.3, -0.25) is 15.3 Å². The molecule has 0 aliphatic carbocycles. The lowest BCUT2D eigenvalue weighted by atomic mass is 10.1. The van der Waals surface area contributed by atoms with Crippen molar-refractivity contribution in [2.24, 2.45) is 4.99 Å². The Hall–Kier alpha value is -2.13. The number of benzene rings is 2. The molecule has 2 aromatic rings. The van der Waals surface area contributed by atoms with Gasteiger partial charge in [0, 0.05) is 5.71 Å². The van der Waals surface area contributed by atoms with E-state index in [1.165, 1.54) is 10.6 Å². The van der Waals surface area contributed by atoms with Crippen LogP contribution in [-0.4, -0.2) is 23.5 Å². The van der Waals surface area contributed by atoms with E-state index in [4.69, 9.17) is 4.99 Å². The number of aliphatic imine (C=N–C) groups is 1. The molecule has 2 aromatic carbocycles. The highest BCUT2D eigenvalue weighted by atomic mass is 16.5. The summed E-state index contributed by atoms with van der Waals surface area (Å²) >= 11 is 0. The highest BCUT2D eigenvalue weighted by Gasteiger charge is 2.20. The summed E-state index contributed by atoms with van der Waals surface area (Å²) in [5.41, 5.74) is 3.16. The fraction of sp³-hybridized carbons (Fsp3) is 0.235. The summed E-state index contributed by atoms with van der Waals surface area (Å²) in [4.78, 5) is 4.74. The minimum absolute atomic E-state index is 0.162. The first-order valence-corrected chi connectivity index (χ1v) is 6.96. The third-order valence-electron chi connectivity index (χ3n) is 3.60. The van der Waals surface area contributed by atoms with Gasteiger partial charge < -0.3 is 0 Å². The summed E-state index contributed by atoms with van der Waals surface area (Å²) < 4.78 is 0. The van der Waals surface area contributed by atoms with Crippen molar-refractivity contribution in [1.29, 1.82) is 0 Å². The van der Waals surface area contributed by atoms with Crippen molar-refractivity contribution in [2.45, 2.75) is 18.9 Å². The molecule has 0 spiro atoms.